The van der Waals surface area contributed by atoms with Gasteiger partial charge in [0.1, 0.15) is 11.2 Å². The van der Waals surface area contributed by atoms with E-state index in [0.717, 1.165) is 38.2 Å². The zero-order valence-electron chi connectivity index (χ0n) is 28.7. The summed E-state index contributed by atoms with van der Waals surface area (Å²) in [6.07, 6.45) is 1.65. The van der Waals surface area contributed by atoms with E-state index in [4.69, 9.17) is 4.42 Å². The second kappa shape index (κ2) is 16.1. The molecule has 9 heteroatoms. The fourth-order valence-electron chi connectivity index (χ4n) is 5.52. The van der Waals surface area contributed by atoms with Crippen LogP contribution in [0.5, 0.6) is 0 Å². The molecule has 7 rings (SSSR count). The number of nitrogens with zero attached hydrogens (tertiary/aromatic N) is 1. The second-order valence-electron chi connectivity index (χ2n) is 12.2. The summed E-state index contributed by atoms with van der Waals surface area (Å²) < 4.78 is 5.85. The Morgan fingerprint density at radius 3 is 1.92 bits per heavy atom. The van der Waals surface area contributed by atoms with Gasteiger partial charge in [0, 0.05) is 27.4 Å². The van der Waals surface area contributed by atoms with Crippen molar-refractivity contribution in [3.63, 3.8) is 0 Å². The molecule has 3 N–H and O–H groups in total. The number of aromatic nitrogens is 1. The Hall–Kier alpha value is -6.71. The molecule has 0 aliphatic heterocycles. The van der Waals surface area contributed by atoms with Crippen molar-refractivity contribution >= 4 is 58.0 Å². The Morgan fingerprint density at radius 2 is 1.23 bits per heavy atom. The van der Waals surface area contributed by atoms with E-state index < -0.39 is 17.1 Å². The van der Waals surface area contributed by atoms with Gasteiger partial charge in [0.05, 0.1) is 5.25 Å². The molecule has 3 amide bonds. The number of oxazole rings is 1. The molecule has 1 heterocycles. The van der Waals surface area contributed by atoms with Crippen LogP contribution in [0.1, 0.15) is 22.8 Å². The van der Waals surface area contributed by atoms with Gasteiger partial charge in [-0.15, -0.1) is 11.8 Å². The third kappa shape index (κ3) is 8.79. The lowest BCUT2D eigenvalue weighted by molar-refractivity contribution is -0.115. The van der Waals surface area contributed by atoms with Gasteiger partial charge in [0.25, 0.3) is 11.8 Å². The smallest absolute Gasteiger partial charge is 0.272 e. The van der Waals surface area contributed by atoms with Gasteiger partial charge in [-0.3, -0.25) is 14.4 Å². The first-order valence-corrected chi connectivity index (χ1v) is 17.8. The summed E-state index contributed by atoms with van der Waals surface area (Å²) in [5.74, 6) is -0.504. The van der Waals surface area contributed by atoms with Crippen LogP contribution in [0.3, 0.4) is 0 Å². The number of benzene rings is 6. The lowest BCUT2D eigenvalue weighted by atomic mass is 10.0. The molecule has 0 aliphatic rings. The molecule has 1 atom stereocenters. The van der Waals surface area contributed by atoms with Crippen LogP contribution in [0.15, 0.2) is 173 Å². The molecule has 0 aliphatic carbocycles. The molecule has 0 bridgehead atoms. The van der Waals surface area contributed by atoms with Crippen molar-refractivity contribution in [2.75, 3.05) is 10.6 Å². The van der Waals surface area contributed by atoms with Crippen LogP contribution >= 0.6 is 11.8 Å². The maximum absolute atomic E-state index is 13.6. The van der Waals surface area contributed by atoms with E-state index >= 15 is 0 Å². The summed E-state index contributed by atoms with van der Waals surface area (Å²) in [4.78, 5) is 45.1. The second-order valence-corrected chi connectivity index (χ2v) is 13.6. The van der Waals surface area contributed by atoms with Gasteiger partial charge in [0.15, 0.2) is 5.58 Å². The lowest BCUT2D eigenvalue weighted by Crippen LogP contribution is -2.30. The van der Waals surface area contributed by atoms with Crippen molar-refractivity contribution in [2.24, 2.45) is 0 Å². The molecule has 0 saturated carbocycles. The molecule has 0 saturated heterocycles. The summed E-state index contributed by atoms with van der Waals surface area (Å²) in [6.45, 7) is 1.83. The summed E-state index contributed by atoms with van der Waals surface area (Å²) in [5, 5.41) is 8.25. The molecule has 0 radical (unpaired) electrons. The minimum Gasteiger partial charge on any atom is -0.436 e. The average Bonchev–Trinajstić information content (AvgIpc) is 3.64. The molecule has 7 aromatic rings. The number of carbonyl (C=O) groups excluding carboxylic acids is 3. The Bertz CT molecular complexity index is 2360. The van der Waals surface area contributed by atoms with Gasteiger partial charge in [0.2, 0.25) is 11.8 Å². The predicted octanol–water partition coefficient (Wildman–Crippen LogP) is 9.69. The van der Waals surface area contributed by atoms with Crippen molar-refractivity contribution in [2.45, 2.75) is 17.1 Å². The lowest BCUT2D eigenvalue weighted by Gasteiger charge is -2.14. The van der Waals surface area contributed by atoms with Crippen LogP contribution in [0.2, 0.25) is 0 Å². The van der Waals surface area contributed by atoms with E-state index in [9.17, 15) is 14.4 Å². The van der Waals surface area contributed by atoms with Gasteiger partial charge in [-0.2, -0.15) is 0 Å². The van der Waals surface area contributed by atoms with E-state index in [0.29, 0.717) is 22.8 Å². The van der Waals surface area contributed by atoms with E-state index in [1.54, 1.807) is 42.5 Å². The first-order chi connectivity index (χ1) is 25.9. The Balaban J connectivity index is 0.983. The summed E-state index contributed by atoms with van der Waals surface area (Å²) in [7, 11) is 0. The molecule has 53 heavy (non-hydrogen) atoms. The maximum atomic E-state index is 13.6. The zero-order chi connectivity index (χ0) is 36.6. The Morgan fingerprint density at radius 1 is 0.642 bits per heavy atom. The fourth-order valence-corrected chi connectivity index (χ4v) is 6.39. The number of nitrogens with one attached hydrogen (secondary N) is 3. The molecular weight excluding hydrogens is 681 g/mol. The molecule has 0 fully saturated rings. The summed E-state index contributed by atoms with van der Waals surface area (Å²) >= 11 is 1.40. The monoisotopic (exact) mass is 714 g/mol. The van der Waals surface area contributed by atoms with Gasteiger partial charge in [-0.25, -0.2) is 4.98 Å². The van der Waals surface area contributed by atoms with Gasteiger partial charge >= 0.3 is 0 Å². The highest BCUT2D eigenvalue weighted by Gasteiger charge is 2.18. The zero-order valence-corrected chi connectivity index (χ0v) is 29.5. The Labute approximate surface area is 311 Å². The molecule has 1 aromatic heterocycles. The van der Waals surface area contributed by atoms with Crippen molar-refractivity contribution < 1.29 is 18.8 Å². The average molecular weight is 715 g/mol. The van der Waals surface area contributed by atoms with Gasteiger partial charge in [-0.1, -0.05) is 84.9 Å². The number of rotatable bonds is 11. The minimum absolute atomic E-state index is 0.0944. The SMILES string of the molecule is CC(Sc1ccc(NC(=O)/C(=C/c2ccc(-c3ccccc3)cc2)NC(=O)c2ccccc2)cc1)C(=O)Nc1ccc(-c2nc3ccccc3o2)cc1. The number of carbonyl (C=O) groups is 3. The number of hydrogen-bond acceptors (Lipinski definition) is 6. The fraction of sp³-hybridized carbons (Fsp3) is 0.0455. The summed E-state index contributed by atoms with van der Waals surface area (Å²) in [5.41, 5.74) is 6.92. The molecule has 0 spiro atoms. The standard InChI is InChI=1S/C44H34N4O4S/c1-29(41(49)45-35-22-20-34(21-23-35)44-48-38-14-8-9-15-40(38)52-44)53-37-26-24-36(25-27-37)46-43(51)39(47-42(50)33-12-6-3-7-13-33)28-30-16-18-32(19-17-30)31-10-4-2-5-11-31/h2-29H,1H3,(H,45,49)(H,46,51)(H,47,50)/b39-28-. The molecule has 8 nitrogen and oxygen atoms in total. The first kappa shape index (κ1) is 34.7. The van der Waals surface area contributed by atoms with Crippen molar-refractivity contribution in [1.82, 2.24) is 10.3 Å². The number of thioether (sulfide) groups is 1. The van der Waals surface area contributed by atoms with Crippen LogP contribution in [0.25, 0.3) is 39.8 Å². The van der Waals surface area contributed by atoms with Crippen LogP contribution in [0, 0.1) is 0 Å². The van der Waals surface area contributed by atoms with Crippen LogP contribution < -0.4 is 16.0 Å². The third-order valence-corrected chi connectivity index (χ3v) is 9.46. The molecule has 260 valence electrons. The van der Waals surface area contributed by atoms with Gasteiger partial charge < -0.3 is 20.4 Å². The predicted molar refractivity (Wildman–Crippen MR) is 212 cm³/mol. The Kier molecular flexibility index (Phi) is 10.5. The topological polar surface area (TPSA) is 113 Å². The van der Waals surface area contributed by atoms with E-state index in [-0.39, 0.29) is 11.6 Å². The highest BCUT2D eigenvalue weighted by molar-refractivity contribution is 8.00. The van der Waals surface area contributed by atoms with Crippen LogP contribution in [0.4, 0.5) is 11.4 Å². The highest BCUT2D eigenvalue weighted by Crippen LogP contribution is 2.28. The third-order valence-electron chi connectivity index (χ3n) is 8.35. The largest absolute Gasteiger partial charge is 0.436 e. The van der Waals surface area contributed by atoms with Gasteiger partial charge in [-0.05, 0) is 102 Å². The minimum atomic E-state index is -0.475. The molecular formula is C44H34N4O4S. The van der Waals surface area contributed by atoms with Crippen molar-refractivity contribution in [3.05, 3.63) is 175 Å². The number of anilines is 2. The summed E-state index contributed by atoms with van der Waals surface area (Å²) in [6, 6.07) is 48.7. The van der Waals surface area contributed by atoms with Crippen molar-refractivity contribution in [3.8, 4) is 22.6 Å². The maximum Gasteiger partial charge on any atom is 0.272 e. The van der Waals surface area contributed by atoms with Crippen molar-refractivity contribution in [1.29, 1.82) is 0 Å². The number of amides is 3. The highest BCUT2D eigenvalue weighted by atomic mass is 32.2. The van der Waals surface area contributed by atoms with E-state index in [1.165, 1.54) is 11.8 Å². The number of fused-ring (bicyclic) bond motifs is 1. The quantitative estimate of drug-likeness (QED) is 0.0909. The van der Waals surface area contributed by atoms with E-state index in [2.05, 4.69) is 20.9 Å². The molecule has 6 aromatic carbocycles. The first-order valence-electron chi connectivity index (χ1n) is 17.0. The number of hydrogen-bond donors (Lipinski definition) is 3. The van der Waals surface area contributed by atoms with E-state index in [1.807, 2.05) is 128 Å². The van der Waals surface area contributed by atoms with Crippen LogP contribution in [-0.4, -0.2) is 28.0 Å². The normalized spacial score (nSPS) is 11.8. The molecule has 1 unspecified atom stereocenters. The number of para-hydroxylation sites is 2. The van der Waals surface area contributed by atoms with Crippen LogP contribution in [-0.2, 0) is 9.59 Å².